The number of nitrogen functional groups attached to an aromatic ring is 2. The van der Waals surface area contributed by atoms with Crippen molar-refractivity contribution in [3.05, 3.63) is 22.5 Å². The molecule has 0 saturated carbocycles. The third kappa shape index (κ3) is 20.9. The Balaban J connectivity index is 0.000000301. The number of aromatic nitrogens is 6. The second kappa shape index (κ2) is 30.7. The number of amides is 2. The Kier molecular flexibility index (Phi) is 25.2. The third-order valence-corrected chi connectivity index (χ3v) is 18.1. The van der Waals surface area contributed by atoms with Crippen LogP contribution in [0.2, 0.25) is 51.4 Å². The average Bonchev–Trinajstić information content (AvgIpc) is 3.78. The standard InChI is InChI=1S/2C30H50N6O4Si/c2*1-8-9-17-39-28-33-25-23(12-10-11-22-13-15-35(16-14-22)29(37)40-30(2,3)4)24(20-31)36(26(25)27(32)34-28)21-38-18-19-41(5,6)7/h2*22H,8-19,21H2,1-7H3,(H2,32,33,34). The van der Waals surface area contributed by atoms with E-state index >= 15 is 0 Å². The number of nitrogens with zero attached hydrogens (tertiary/aromatic N) is 10. The molecule has 0 aliphatic carbocycles. The van der Waals surface area contributed by atoms with Gasteiger partial charge in [-0.25, -0.2) is 9.59 Å². The smallest absolute Gasteiger partial charge is 0.410 e. The number of rotatable bonds is 26. The molecule has 0 bridgehead atoms. The van der Waals surface area contributed by atoms with Gasteiger partial charge in [0.05, 0.1) is 13.2 Å². The molecular formula is C60H100N12O8Si2. The maximum atomic E-state index is 12.4. The van der Waals surface area contributed by atoms with Crippen molar-refractivity contribution in [2.24, 2.45) is 11.8 Å². The first-order valence-corrected chi connectivity index (χ1v) is 37.6. The highest BCUT2D eigenvalue weighted by molar-refractivity contribution is 6.76. The molecule has 2 fully saturated rings. The summed E-state index contributed by atoms with van der Waals surface area (Å²) < 4.78 is 38.4. The van der Waals surface area contributed by atoms with Crippen LogP contribution >= 0.6 is 0 Å². The molecule has 2 saturated heterocycles. The van der Waals surface area contributed by atoms with Crippen LogP contribution in [0.25, 0.3) is 22.1 Å². The number of hydrogen-bond donors (Lipinski definition) is 2. The molecule has 2 aliphatic heterocycles. The molecule has 82 heavy (non-hydrogen) atoms. The number of nitriles is 2. The van der Waals surface area contributed by atoms with Gasteiger partial charge in [0.25, 0.3) is 0 Å². The van der Waals surface area contributed by atoms with E-state index in [-0.39, 0.29) is 37.7 Å². The summed E-state index contributed by atoms with van der Waals surface area (Å²) in [7, 11) is -2.50. The minimum absolute atomic E-state index is 0.233. The van der Waals surface area contributed by atoms with Gasteiger partial charge in [-0.1, -0.05) is 66.0 Å². The Morgan fingerprint density at radius 1 is 0.573 bits per heavy atom. The van der Waals surface area contributed by atoms with E-state index in [1.165, 1.54) is 0 Å². The molecule has 22 heteroatoms. The number of fused-ring (bicyclic) bond motifs is 2. The zero-order chi connectivity index (χ0) is 60.4. The van der Waals surface area contributed by atoms with Crippen LogP contribution in [-0.4, -0.2) is 131 Å². The van der Waals surface area contributed by atoms with E-state index in [9.17, 15) is 20.1 Å². The van der Waals surface area contributed by atoms with Gasteiger partial charge in [0, 0.05) is 66.7 Å². The fourth-order valence-corrected chi connectivity index (χ4v) is 11.5. The van der Waals surface area contributed by atoms with E-state index in [1.807, 2.05) is 60.5 Å². The van der Waals surface area contributed by atoms with Crippen molar-refractivity contribution in [1.29, 1.82) is 10.5 Å². The summed E-state index contributed by atoms with van der Waals surface area (Å²) in [5.74, 6) is 1.63. The van der Waals surface area contributed by atoms with Gasteiger partial charge in [-0.2, -0.15) is 30.5 Å². The molecule has 0 radical (unpaired) electrons. The predicted molar refractivity (Wildman–Crippen MR) is 329 cm³/mol. The predicted octanol–water partition coefficient (Wildman–Crippen LogP) is 12.7. The van der Waals surface area contributed by atoms with Crippen molar-refractivity contribution >= 4 is 62.0 Å². The van der Waals surface area contributed by atoms with Crippen LogP contribution < -0.4 is 20.9 Å². The molecule has 4 N–H and O–H groups in total. The summed E-state index contributed by atoms with van der Waals surface area (Å²) in [6, 6.07) is 7.38. The van der Waals surface area contributed by atoms with E-state index < -0.39 is 27.3 Å². The Morgan fingerprint density at radius 3 is 1.23 bits per heavy atom. The summed E-state index contributed by atoms with van der Waals surface area (Å²) in [6.45, 7) is 35.0. The van der Waals surface area contributed by atoms with Gasteiger partial charge in [0.1, 0.15) is 70.3 Å². The first-order chi connectivity index (χ1) is 38.6. The molecule has 0 atom stereocenters. The highest BCUT2D eigenvalue weighted by Gasteiger charge is 2.30. The van der Waals surface area contributed by atoms with Gasteiger partial charge in [-0.3, -0.25) is 0 Å². The number of hydrogen-bond acceptors (Lipinski definition) is 16. The fraction of sp³-hybridized carbons (Fsp3) is 0.733. The number of nitrogens with two attached hydrogens (primary N) is 2. The monoisotopic (exact) mass is 1170 g/mol. The Hall–Kier alpha value is -5.69. The molecular weight excluding hydrogens is 1070 g/mol. The number of aryl methyl sites for hydroxylation is 2. The Labute approximate surface area is 491 Å². The number of carbonyl (C=O) groups is 2. The quantitative estimate of drug-likeness (QED) is 0.0437. The summed E-state index contributed by atoms with van der Waals surface area (Å²) in [5, 5.41) is 20.5. The molecule has 0 aromatic carbocycles. The molecule has 4 aromatic rings. The van der Waals surface area contributed by atoms with Crippen LogP contribution in [0.4, 0.5) is 21.2 Å². The molecule has 0 spiro atoms. The molecule has 4 aromatic heterocycles. The van der Waals surface area contributed by atoms with Gasteiger partial charge in [-0.05, 0) is 143 Å². The van der Waals surface area contributed by atoms with E-state index in [2.05, 4.69) is 75.2 Å². The van der Waals surface area contributed by atoms with Gasteiger partial charge < -0.3 is 58.8 Å². The highest BCUT2D eigenvalue weighted by atomic mass is 28.3. The number of piperidine rings is 2. The van der Waals surface area contributed by atoms with E-state index in [0.29, 0.717) is 122 Å². The molecule has 20 nitrogen and oxygen atoms in total. The lowest BCUT2D eigenvalue weighted by Gasteiger charge is -2.33. The number of anilines is 2. The highest BCUT2D eigenvalue weighted by Crippen LogP contribution is 2.35. The minimum Gasteiger partial charge on any atom is -0.463 e. The maximum Gasteiger partial charge on any atom is 0.410 e. The lowest BCUT2D eigenvalue weighted by atomic mass is 9.91. The fourth-order valence-electron chi connectivity index (χ4n) is 10.0. The topological polar surface area (TPSA) is 257 Å². The summed E-state index contributed by atoms with van der Waals surface area (Å²) in [6.07, 6.45) is 12.3. The zero-order valence-electron chi connectivity index (χ0n) is 52.4. The summed E-state index contributed by atoms with van der Waals surface area (Å²) in [4.78, 5) is 46.8. The van der Waals surface area contributed by atoms with Gasteiger partial charge in [0.2, 0.25) is 0 Å². The van der Waals surface area contributed by atoms with Gasteiger partial charge >= 0.3 is 24.2 Å². The van der Waals surface area contributed by atoms with Crippen molar-refractivity contribution in [2.75, 3.05) is 64.1 Å². The van der Waals surface area contributed by atoms with E-state index in [0.717, 1.165) is 100 Å². The van der Waals surface area contributed by atoms with Crippen LogP contribution in [0.5, 0.6) is 12.0 Å². The average molecular weight is 1170 g/mol. The van der Waals surface area contributed by atoms with Crippen LogP contribution in [0, 0.1) is 34.5 Å². The van der Waals surface area contributed by atoms with Crippen molar-refractivity contribution in [1.82, 2.24) is 38.9 Å². The number of unbranched alkanes of at least 4 members (excludes halogenated alkanes) is 2. The second-order valence-electron chi connectivity index (χ2n) is 26.6. The molecule has 456 valence electrons. The van der Waals surface area contributed by atoms with Crippen LogP contribution in [-0.2, 0) is 45.3 Å². The SMILES string of the molecule is CCCCOc1nc(N)c2c(n1)c(CCCC1CCN(C(=O)OC(C)(C)C)CC1)c(C#N)n2COCC[Si](C)(C)C.CCCCOc1nc(N)c2c(n1)c(CCCC1CCN(C(=O)OC(C)(C)C)CC1)c(C#N)n2COCC[Si](C)(C)C. The summed E-state index contributed by atoms with van der Waals surface area (Å²) >= 11 is 0. The van der Waals surface area contributed by atoms with Gasteiger partial charge in [-0.15, -0.1) is 0 Å². The maximum absolute atomic E-state index is 12.4. The van der Waals surface area contributed by atoms with Crippen LogP contribution in [0.3, 0.4) is 0 Å². The number of ether oxygens (including phenoxy) is 6. The summed E-state index contributed by atoms with van der Waals surface area (Å²) in [5.41, 5.74) is 17.3. The lowest BCUT2D eigenvalue weighted by Crippen LogP contribution is -2.41. The first-order valence-electron chi connectivity index (χ1n) is 30.2. The van der Waals surface area contributed by atoms with E-state index in [4.69, 9.17) is 49.9 Å². The van der Waals surface area contributed by atoms with Crippen LogP contribution in [0.15, 0.2) is 0 Å². The molecule has 6 heterocycles. The molecule has 2 aliphatic rings. The zero-order valence-corrected chi connectivity index (χ0v) is 54.4. The van der Waals surface area contributed by atoms with E-state index in [1.54, 1.807) is 0 Å². The molecule has 6 rings (SSSR count). The van der Waals surface area contributed by atoms with Crippen molar-refractivity contribution in [2.45, 2.75) is 221 Å². The van der Waals surface area contributed by atoms with Crippen molar-refractivity contribution < 1.29 is 38.0 Å². The van der Waals surface area contributed by atoms with Crippen molar-refractivity contribution in [3.63, 3.8) is 0 Å². The Morgan fingerprint density at radius 2 is 0.927 bits per heavy atom. The lowest BCUT2D eigenvalue weighted by molar-refractivity contribution is 0.0170. The molecule has 0 unspecified atom stereocenters. The normalized spacial score (nSPS) is 14.8. The largest absolute Gasteiger partial charge is 0.463 e. The Bertz CT molecular complexity index is 2590. The second-order valence-corrected chi connectivity index (χ2v) is 37.9. The van der Waals surface area contributed by atoms with Gasteiger partial charge in [0.15, 0.2) is 11.6 Å². The third-order valence-electron chi connectivity index (χ3n) is 14.7. The minimum atomic E-state index is -1.25. The number of likely N-dealkylation sites (tertiary alicyclic amines) is 2. The first kappa shape index (κ1) is 67.1. The number of carbonyl (C=O) groups excluding carboxylic acids is 2. The van der Waals surface area contributed by atoms with Crippen LogP contribution in [0.1, 0.15) is 155 Å². The van der Waals surface area contributed by atoms with Crippen molar-refractivity contribution in [3.8, 4) is 24.2 Å². The molecule has 2 amide bonds.